The van der Waals surface area contributed by atoms with Crippen LogP contribution in [0.25, 0.3) is 0 Å². The van der Waals surface area contributed by atoms with Gasteiger partial charge in [-0.25, -0.2) is 0 Å². The van der Waals surface area contributed by atoms with E-state index in [9.17, 15) is 9.90 Å². The minimum Gasteiger partial charge on any atom is -0.504 e. The highest BCUT2D eigenvalue weighted by Crippen LogP contribution is 2.59. The second kappa shape index (κ2) is 11.4. The summed E-state index contributed by atoms with van der Waals surface area (Å²) in [6, 6.07) is 26.8. The van der Waals surface area contributed by atoms with Crippen LogP contribution in [-0.2, 0) is 11.3 Å². The van der Waals surface area contributed by atoms with Crippen molar-refractivity contribution in [2.45, 2.75) is 45.1 Å². The third-order valence-electron chi connectivity index (χ3n) is 8.22. The number of rotatable bonds is 10. The normalized spacial score (nSPS) is 18.6. The predicted molar refractivity (Wildman–Crippen MR) is 147 cm³/mol. The first kappa shape index (κ1) is 25.3. The molecule has 3 aromatic carbocycles. The molecule has 5 nitrogen and oxygen atoms in total. The quantitative estimate of drug-likeness (QED) is 0.375. The highest BCUT2D eigenvalue weighted by Gasteiger charge is 2.58. The van der Waals surface area contributed by atoms with Crippen LogP contribution in [0.1, 0.15) is 55.2 Å². The van der Waals surface area contributed by atoms with E-state index in [-0.39, 0.29) is 28.9 Å². The smallest absolute Gasteiger partial charge is 0.223 e. The molecule has 0 aromatic heterocycles. The zero-order valence-electron chi connectivity index (χ0n) is 21.7. The van der Waals surface area contributed by atoms with Gasteiger partial charge < -0.3 is 15.2 Å². The van der Waals surface area contributed by atoms with Crippen LogP contribution in [0, 0.1) is 11.3 Å². The Morgan fingerprint density at radius 1 is 1.03 bits per heavy atom. The Bertz CT molecular complexity index is 1130. The fourth-order valence-corrected chi connectivity index (χ4v) is 5.97. The third kappa shape index (κ3) is 5.99. The van der Waals surface area contributed by atoms with Gasteiger partial charge in [0.05, 0.1) is 6.61 Å². The Morgan fingerprint density at radius 2 is 1.68 bits per heavy atom. The van der Waals surface area contributed by atoms with Crippen molar-refractivity contribution in [2.75, 3.05) is 26.2 Å². The zero-order valence-corrected chi connectivity index (χ0v) is 21.7. The Kier molecular flexibility index (Phi) is 7.80. The van der Waals surface area contributed by atoms with Gasteiger partial charge in [-0.15, -0.1) is 0 Å². The van der Waals surface area contributed by atoms with E-state index in [0.717, 1.165) is 50.9 Å². The number of ether oxygens (including phenoxy) is 1. The first-order valence-corrected chi connectivity index (χ1v) is 13.6. The maximum Gasteiger partial charge on any atom is 0.223 e. The SMILES string of the molecule is CCOc1cc(CN2CCC3(CC2)CC3C(=O)NCCC(c2ccccc2)c2ccccc2)ccc1O. The summed E-state index contributed by atoms with van der Waals surface area (Å²) in [7, 11) is 0. The van der Waals surface area contributed by atoms with E-state index in [4.69, 9.17) is 4.74 Å². The lowest BCUT2D eigenvalue weighted by Gasteiger charge is -2.33. The molecule has 1 saturated carbocycles. The molecule has 1 unspecified atom stereocenters. The molecule has 1 aliphatic carbocycles. The molecule has 1 atom stereocenters. The van der Waals surface area contributed by atoms with Crippen LogP contribution in [0.5, 0.6) is 11.5 Å². The van der Waals surface area contributed by atoms with E-state index in [0.29, 0.717) is 18.9 Å². The van der Waals surface area contributed by atoms with Crippen LogP contribution in [-0.4, -0.2) is 42.2 Å². The monoisotopic (exact) mass is 498 g/mol. The summed E-state index contributed by atoms with van der Waals surface area (Å²) in [6.07, 6.45) is 4.04. The van der Waals surface area contributed by atoms with E-state index in [2.05, 4.69) is 58.7 Å². The lowest BCUT2D eigenvalue weighted by molar-refractivity contribution is -0.123. The van der Waals surface area contributed by atoms with Crippen LogP contribution in [0.4, 0.5) is 0 Å². The Labute approximate surface area is 220 Å². The van der Waals surface area contributed by atoms with Gasteiger partial charge in [-0.1, -0.05) is 66.7 Å². The molecule has 2 aliphatic rings. The maximum atomic E-state index is 13.1. The summed E-state index contributed by atoms with van der Waals surface area (Å²) >= 11 is 0. The molecular weight excluding hydrogens is 460 g/mol. The minimum absolute atomic E-state index is 0.153. The van der Waals surface area contributed by atoms with Crippen molar-refractivity contribution in [1.29, 1.82) is 0 Å². The summed E-state index contributed by atoms with van der Waals surface area (Å²) in [5, 5.41) is 13.2. The highest BCUT2D eigenvalue weighted by molar-refractivity contribution is 5.82. The fourth-order valence-electron chi connectivity index (χ4n) is 5.97. The van der Waals surface area contributed by atoms with Crippen LogP contribution in [0.2, 0.25) is 0 Å². The van der Waals surface area contributed by atoms with Crippen LogP contribution < -0.4 is 10.1 Å². The lowest BCUT2D eigenvalue weighted by Crippen LogP contribution is -2.37. The van der Waals surface area contributed by atoms with Gasteiger partial charge in [-0.05, 0) is 79.9 Å². The summed E-state index contributed by atoms with van der Waals surface area (Å²) in [6.45, 7) is 5.98. The number of likely N-dealkylation sites (tertiary alicyclic amines) is 1. The van der Waals surface area contributed by atoms with Gasteiger partial charge in [0.1, 0.15) is 0 Å². The van der Waals surface area contributed by atoms with Crippen molar-refractivity contribution in [3.63, 3.8) is 0 Å². The molecule has 0 radical (unpaired) electrons. The Morgan fingerprint density at radius 3 is 2.30 bits per heavy atom. The molecule has 37 heavy (non-hydrogen) atoms. The molecule has 0 bridgehead atoms. The maximum absolute atomic E-state index is 13.1. The van der Waals surface area contributed by atoms with Gasteiger partial charge in [0, 0.05) is 24.9 Å². The summed E-state index contributed by atoms with van der Waals surface area (Å²) in [4.78, 5) is 15.5. The van der Waals surface area contributed by atoms with Gasteiger partial charge in [0.15, 0.2) is 11.5 Å². The van der Waals surface area contributed by atoms with E-state index in [1.165, 1.54) is 11.1 Å². The number of nitrogens with one attached hydrogen (secondary N) is 1. The number of amides is 1. The molecule has 5 rings (SSSR count). The first-order valence-electron chi connectivity index (χ1n) is 13.6. The third-order valence-corrected chi connectivity index (χ3v) is 8.22. The zero-order chi connectivity index (χ0) is 25.7. The largest absolute Gasteiger partial charge is 0.504 e. The Balaban J connectivity index is 1.10. The second-order valence-corrected chi connectivity index (χ2v) is 10.6. The lowest BCUT2D eigenvalue weighted by atomic mass is 9.88. The molecule has 2 fully saturated rings. The van der Waals surface area contributed by atoms with Gasteiger partial charge in [0.2, 0.25) is 5.91 Å². The fraction of sp³-hybridized carbons (Fsp3) is 0.406. The number of hydrogen-bond acceptors (Lipinski definition) is 4. The standard InChI is InChI=1S/C32H38N2O3/c1-2-37-30-21-24(13-14-29(30)35)23-34-19-16-32(17-20-34)22-28(32)31(36)33-18-15-27(25-9-5-3-6-10-25)26-11-7-4-8-12-26/h3-14,21,27-28,35H,2,15-20,22-23H2,1H3,(H,33,36). The van der Waals surface area contributed by atoms with Gasteiger partial charge in [-0.2, -0.15) is 0 Å². The molecule has 5 heteroatoms. The van der Waals surface area contributed by atoms with Crippen molar-refractivity contribution in [2.24, 2.45) is 11.3 Å². The van der Waals surface area contributed by atoms with E-state index < -0.39 is 0 Å². The molecule has 194 valence electrons. The topological polar surface area (TPSA) is 61.8 Å². The molecule has 1 saturated heterocycles. The van der Waals surface area contributed by atoms with Crippen LogP contribution in [0.3, 0.4) is 0 Å². The van der Waals surface area contributed by atoms with E-state index in [1.54, 1.807) is 6.07 Å². The van der Waals surface area contributed by atoms with Crippen molar-refractivity contribution < 1.29 is 14.6 Å². The minimum atomic E-state index is 0.153. The summed E-state index contributed by atoms with van der Waals surface area (Å²) < 4.78 is 5.53. The number of carbonyl (C=O) groups excluding carboxylic acids is 1. The number of piperidine rings is 1. The van der Waals surface area contributed by atoms with E-state index in [1.807, 2.05) is 31.2 Å². The number of carbonyl (C=O) groups is 1. The average Bonchev–Trinajstić information content (AvgIpc) is 3.64. The second-order valence-electron chi connectivity index (χ2n) is 10.6. The Hall–Kier alpha value is -3.31. The molecule has 1 amide bonds. The van der Waals surface area contributed by atoms with Crippen LogP contribution >= 0.6 is 0 Å². The number of hydrogen-bond donors (Lipinski definition) is 2. The van der Waals surface area contributed by atoms with Gasteiger partial charge in [-0.3, -0.25) is 9.69 Å². The molecule has 1 aliphatic heterocycles. The molecule has 1 spiro atoms. The van der Waals surface area contributed by atoms with Crippen LogP contribution in [0.15, 0.2) is 78.9 Å². The number of aromatic hydroxyl groups is 1. The average molecular weight is 499 g/mol. The predicted octanol–water partition coefficient (Wildman–Crippen LogP) is 5.73. The van der Waals surface area contributed by atoms with E-state index >= 15 is 0 Å². The molecule has 2 N–H and O–H groups in total. The molecule has 3 aromatic rings. The van der Waals surface area contributed by atoms with Crippen molar-refractivity contribution in [1.82, 2.24) is 10.2 Å². The van der Waals surface area contributed by atoms with Gasteiger partial charge >= 0.3 is 0 Å². The number of phenolic OH excluding ortho intramolecular Hbond substituents is 1. The number of phenols is 1. The number of benzene rings is 3. The molecular formula is C32H38N2O3. The first-order chi connectivity index (χ1) is 18.1. The summed E-state index contributed by atoms with van der Waals surface area (Å²) in [5.41, 5.74) is 3.92. The number of nitrogens with zero attached hydrogens (tertiary/aromatic N) is 1. The van der Waals surface area contributed by atoms with Crippen molar-refractivity contribution in [3.8, 4) is 11.5 Å². The van der Waals surface area contributed by atoms with Crippen molar-refractivity contribution in [3.05, 3.63) is 95.6 Å². The summed E-state index contributed by atoms with van der Waals surface area (Å²) in [5.74, 6) is 1.40. The van der Waals surface area contributed by atoms with Crippen molar-refractivity contribution >= 4 is 5.91 Å². The molecule has 1 heterocycles. The van der Waals surface area contributed by atoms with Gasteiger partial charge in [0.25, 0.3) is 0 Å². The highest BCUT2D eigenvalue weighted by atomic mass is 16.5.